The lowest BCUT2D eigenvalue weighted by molar-refractivity contribution is -0.133. The predicted molar refractivity (Wildman–Crippen MR) is 105 cm³/mol. The van der Waals surface area contributed by atoms with Crippen LogP contribution in [-0.2, 0) is 9.53 Å². The average molecular weight is 356 g/mol. The molecule has 0 unspecified atom stereocenters. The van der Waals surface area contributed by atoms with Gasteiger partial charge in [0, 0.05) is 45.2 Å². The van der Waals surface area contributed by atoms with Crippen molar-refractivity contribution in [3.8, 4) is 0 Å². The number of carbonyl (C=O) groups is 1. The molecule has 1 aliphatic heterocycles. The van der Waals surface area contributed by atoms with Gasteiger partial charge in [0.2, 0.25) is 5.91 Å². The zero-order chi connectivity index (χ0) is 18.5. The molecule has 5 heteroatoms. The third-order valence-corrected chi connectivity index (χ3v) is 4.66. The molecule has 0 aromatic rings. The number of hydrogen-bond donors (Lipinski definition) is 1. The van der Waals surface area contributed by atoms with Crippen LogP contribution in [0.25, 0.3) is 0 Å². The number of amides is 1. The van der Waals surface area contributed by atoms with Gasteiger partial charge in [-0.2, -0.15) is 0 Å². The van der Waals surface area contributed by atoms with Gasteiger partial charge in [-0.3, -0.25) is 9.69 Å². The highest BCUT2D eigenvalue weighted by Gasteiger charge is 2.20. The summed E-state index contributed by atoms with van der Waals surface area (Å²) < 4.78 is 5.54. The second-order valence-electron chi connectivity index (χ2n) is 7.77. The monoisotopic (exact) mass is 355 g/mol. The van der Waals surface area contributed by atoms with Crippen LogP contribution in [0.4, 0.5) is 0 Å². The topological polar surface area (TPSA) is 44.8 Å². The van der Waals surface area contributed by atoms with Crippen LogP contribution in [0.15, 0.2) is 0 Å². The quantitative estimate of drug-likeness (QED) is 0.516. The molecule has 1 heterocycles. The Hall–Kier alpha value is -0.650. The first-order valence-corrected chi connectivity index (χ1v) is 10.3. The van der Waals surface area contributed by atoms with Crippen molar-refractivity contribution in [1.29, 1.82) is 0 Å². The maximum Gasteiger partial charge on any atom is 0.222 e. The van der Waals surface area contributed by atoms with Gasteiger partial charge in [-0.1, -0.05) is 26.7 Å². The van der Waals surface area contributed by atoms with Gasteiger partial charge in [0.05, 0.1) is 6.10 Å². The Labute approximate surface area is 155 Å². The van der Waals surface area contributed by atoms with E-state index in [1.807, 2.05) is 0 Å². The Kier molecular flexibility index (Phi) is 12.1. The summed E-state index contributed by atoms with van der Waals surface area (Å²) in [6.07, 6.45) is 6.65. The van der Waals surface area contributed by atoms with Crippen molar-refractivity contribution in [2.45, 2.75) is 78.4 Å². The summed E-state index contributed by atoms with van der Waals surface area (Å²) in [5, 5.41) is 3.46. The molecular weight excluding hydrogens is 314 g/mol. The van der Waals surface area contributed by atoms with Gasteiger partial charge < -0.3 is 15.0 Å². The fourth-order valence-corrected chi connectivity index (χ4v) is 3.12. The second kappa shape index (κ2) is 13.5. The highest BCUT2D eigenvalue weighted by atomic mass is 16.5. The molecule has 148 valence electrons. The van der Waals surface area contributed by atoms with Crippen LogP contribution >= 0.6 is 0 Å². The second-order valence-corrected chi connectivity index (χ2v) is 7.77. The summed E-state index contributed by atoms with van der Waals surface area (Å²) in [5.74, 6) is 0.347. The lowest BCUT2D eigenvalue weighted by atomic mass is 10.1. The van der Waals surface area contributed by atoms with E-state index in [1.165, 1.54) is 6.42 Å². The van der Waals surface area contributed by atoms with Gasteiger partial charge in [-0.05, 0) is 46.2 Å². The first-order chi connectivity index (χ1) is 12.0. The number of hydrogen-bond acceptors (Lipinski definition) is 4. The smallest absolute Gasteiger partial charge is 0.222 e. The zero-order valence-electron chi connectivity index (χ0n) is 17.1. The number of piperazine rings is 1. The molecule has 1 aliphatic rings. The molecule has 1 fully saturated rings. The van der Waals surface area contributed by atoms with Gasteiger partial charge in [0.15, 0.2) is 0 Å². The first-order valence-electron chi connectivity index (χ1n) is 10.3. The molecule has 0 radical (unpaired) electrons. The zero-order valence-corrected chi connectivity index (χ0v) is 17.1. The fourth-order valence-electron chi connectivity index (χ4n) is 3.12. The van der Waals surface area contributed by atoms with Crippen LogP contribution < -0.4 is 5.32 Å². The molecule has 0 bridgehead atoms. The highest BCUT2D eigenvalue weighted by molar-refractivity contribution is 5.76. The molecule has 1 N–H and O–H groups in total. The summed E-state index contributed by atoms with van der Waals surface area (Å²) in [5.41, 5.74) is 0. The number of rotatable bonds is 13. The Bertz CT molecular complexity index is 340. The van der Waals surface area contributed by atoms with Crippen LogP contribution in [0, 0.1) is 0 Å². The number of unbranched alkanes of at least 4 members (excludes halogenated alkanes) is 3. The molecule has 0 atom stereocenters. The molecule has 5 nitrogen and oxygen atoms in total. The third-order valence-electron chi connectivity index (χ3n) is 4.66. The normalized spacial score (nSPS) is 16.2. The Morgan fingerprint density at radius 1 is 0.960 bits per heavy atom. The van der Waals surface area contributed by atoms with Crippen LogP contribution in [0.5, 0.6) is 0 Å². The van der Waals surface area contributed by atoms with E-state index in [9.17, 15) is 4.79 Å². The average Bonchev–Trinajstić information content (AvgIpc) is 2.57. The highest BCUT2D eigenvalue weighted by Crippen LogP contribution is 2.09. The largest absolute Gasteiger partial charge is 0.379 e. The summed E-state index contributed by atoms with van der Waals surface area (Å²) in [6, 6.07) is 0.567. The standard InChI is InChI=1S/C20H41N3O2/c1-18(2)21-11-9-12-22-13-15-23(16-14-22)20(24)10-7-5-6-8-17-25-19(3)4/h18-19,21H,5-17H2,1-4H3. The van der Waals surface area contributed by atoms with Crippen LogP contribution in [0.3, 0.4) is 0 Å². The third kappa shape index (κ3) is 11.6. The fraction of sp³-hybridized carbons (Fsp3) is 0.950. The lowest BCUT2D eigenvalue weighted by Gasteiger charge is -2.35. The summed E-state index contributed by atoms with van der Waals surface area (Å²) in [4.78, 5) is 16.8. The van der Waals surface area contributed by atoms with E-state index in [2.05, 4.69) is 42.8 Å². The van der Waals surface area contributed by atoms with Gasteiger partial charge in [0.25, 0.3) is 0 Å². The van der Waals surface area contributed by atoms with E-state index < -0.39 is 0 Å². The molecule has 1 rings (SSSR count). The van der Waals surface area contributed by atoms with Crippen LogP contribution in [0.1, 0.15) is 66.2 Å². The molecule has 1 amide bonds. The summed E-state index contributed by atoms with van der Waals surface area (Å²) in [6.45, 7) is 15.4. The SMILES string of the molecule is CC(C)NCCCN1CCN(C(=O)CCCCCCOC(C)C)CC1. The van der Waals surface area contributed by atoms with Crippen molar-refractivity contribution < 1.29 is 9.53 Å². The number of nitrogens with zero attached hydrogens (tertiary/aromatic N) is 2. The first kappa shape index (κ1) is 22.4. The Balaban J connectivity index is 1.99. The molecule has 25 heavy (non-hydrogen) atoms. The minimum Gasteiger partial charge on any atom is -0.379 e. The molecule has 0 aromatic heterocycles. The Morgan fingerprint density at radius 3 is 2.28 bits per heavy atom. The molecule has 0 aromatic carbocycles. The van der Waals surface area contributed by atoms with E-state index in [4.69, 9.17) is 4.74 Å². The minimum atomic E-state index is 0.326. The minimum absolute atomic E-state index is 0.326. The van der Waals surface area contributed by atoms with E-state index >= 15 is 0 Å². The number of nitrogens with one attached hydrogen (secondary N) is 1. The van der Waals surface area contributed by atoms with E-state index in [0.29, 0.717) is 24.5 Å². The van der Waals surface area contributed by atoms with Crippen LogP contribution in [0.2, 0.25) is 0 Å². The van der Waals surface area contributed by atoms with Gasteiger partial charge in [-0.25, -0.2) is 0 Å². The van der Waals surface area contributed by atoms with Crippen molar-refractivity contribution in [2.75, 3.05) is 45.9 Å². The van der Waals surface area contributed by atoms with Crippen molar-refractivity contribution in [3.63, 3.8) is 0 Å². The summed E-state index contributed by atoms with van der Waals surface area (Å²) >= 11 is 0. The molecule has 0 aliphatic carbocycles. The van der Waals surface area contributed by atoms with Crippen LogP contribution in [-0.4, -0.2) is 73.7 Å². The maximum absolute atomic E-state index is 12.3. The van der Waals surface area contributed by atoms with E-state index in [1.54, 1.807) is 0 Å². The Morgan fingerprint density at radius 2 is 1.64 bits per heavy atom. The van der Waals surface area contributed by atoms with Crippen molar-refractivity contribution >= 4 is 5.91 Å². The van der Waals surface area contributed by atoms with E-state index in [-0.39, 0.29) is 0 Å². The maximum atomic E-state index is 12.3. The van der Waals surface area contributed by atoms with E-state index in [0.717, 1.165) is 71.6 Å². The summed E-state index contributed by atoms with van der Waals surface area (Å²) in [7, 11) is 0. The van der Waals surface area contributed by atoms with Gasteiger partial charge in [0.1, 0.15) is 0 Å². The van der Waals surface area contributed by atoms with Crippen molar-refractivity contribution in [1.82, 2.24) is 15.1 Å². The number of carbonyl (C=O) groups excluding carboxylic acids is 1. The van der Waals surface area contributed by atoms with Crippen molar-refractivity contribution in [3.05, 3.63) is 0 Å². The van der Waals surface area contributed by atoms with Gasteiger partial charge in [-0.15, -0.1) is 0 Å². The lowest BCUT2D eigenvalue weighted by Crippen LogP contribution is -2.49. The molecular formula is C20H41N3O2. The number of ether oxygens (including phenoxy) is 1. The van der Waals surface area contributed by atoms with Crippen molar-refractivity contribution in [2.24, 2.45) is 0 Å². The predicted octanol–water partition coefficient (Wildman–Crippen LogP) is 2.89. The molecule has 1 saturated heterocycles. The molecule has 0 spiro atoms. The molecule has 0 saturated carbocycles. The van der Waals surface area contributed by atoms with Gasteiger partial charge >= 0.3 is 0 Å².